The first-order valence-corrected chi connectivity index (χ1v) is 11.1. The Labute approximate surface area is 175 Å². The number of carbonyl (C=O) groups is 2. The lowest BCUT2D eigenvalue weighted by Gasteiger charge is -2.39. The first-order valence-electron chi connectivity index (χ1n) is 11.1. The molecule has 5 nitrogen and oxygen atoms in total. The monoisotopic (exact) mass is 400 g/mol. The van der Waals surface area contributed by atoms with Crippen molar-refractivity contribution in [2.75, 3.05) is 6.54 Å². The molecule has 2 aliphatic rings. The summed E-state index contributed by atoms with van der Waals surface area (Å²) in [7, 11) is 0. The van der Waals surface area contributed by atoms with Gasteiger partial charge in [0.05, 0.1) is 6.04 Å². The van der Waals surface area contributed by atoms with E-state index in [2.05, 4.69) is 12.1 Å². The summed E-state index contributed by atoms with van der Waals surface area (Å²) in [5, 5.41) is 0. The topological polar surface area (TPSA) is 72.6 Å². The van der Waals surface area contributed by atoms with Crippen LogP contribution in [0, 0.1) is 5.92 Å². The molecule has 3 unspecified atom stereocenters. The maximum absolute atomic E-state index is 13.3. The number of nitrogens with two attached hydrogens (primary N) is 1. The van der Waals surface area contributed by atoms with E-state index < -0.39 is 11.6 Å². The van der Waals surface area contributed by atoms with Crippen molar-refractivity contribution in [2.45, 2.75) is 89.3 Å². The van der Waals surface area contributed by atoms with E-state index >= 15 is 0 Å². The second-order valence-electron chi connectivity index (χ2n) is 9.70. The van der Waals surface area contributed by atoms with Gasteiger partial charge in [-0.2, -0.15) is 0 Å². The van der Waals surface area contributed by atoms with Crippen LogP contribution in [0.2, 0.25) is 0 Å². The number of carbonyl (C=O) groups excluding carboxylic acids is 2. The van der Waals surface area contributed by atoms with Crippen molar-refractivity contribution < 1.29 is 14.3 Å². The largest absolute Gasteiger partial charge is 0.459 e. The van der Waals surface area contributed by atoms with Crippen LogP contribution >= 0.6 is 0 Å². The minimum absolute atomic E-state index is 0.00746. The molecule has 2 N–H and O–H groups in total. The van der Waals surface area contributed by atoms with E-state index in [9.17, 15) is 9.59 Å². The molecule has 160 valence electrons. The lowest BCUT2D eigenvalue weighted by Crippen LogP contribution is -2.52. The zero-order chi connectivity index (χ0) is 21.0. The summed E-state index contributed by atoms with van der Waals surface area (Å²) in [4.78, 5) is 27.6. The molecule has 1 amide bonds. The van der Waals surface area contributed by atoms with E-state index in [1.54, 1.807) is 4.90 Å². The molecule has 1 aliphatic carbocycles. The Morgan fingerprint density at radius 3 is 2.38 bits per heavy atom. The van der Waals surface area contributed by atoms with Gasteiger partial charge in [0.25, 0.3) is 0 Å². The molecule has 29 heavy (non-hydrogen) atoms. The van der Waals surface area contributed by atoms with Gasteiger partial charge in [-0.05, 0) is 63.9 Å². The molecule has 0 aromatic heterocycles. The van der Waals surface area contributed by atoms with E-state index in [0.29, 0.717) is 12.3 Å². The molecule has 3 rings (SSSR count). The highest BCUT2D eigenvalue weighted by Gasteiger charge is 2.41. The third kappa shape index (κ3) is 5.81. The quantitative estimate of drug-likeness (QED) is 0.775. The number of esters is 1. The molecule has 0 radical (unpaired) electrons. The summed E-state index contributed by atoms with van der Waals surface area (Å²) in [6, 6.07) is 9.81. The first-order chi connectivity index (χ1) is 13.7. The first kappa shape index (κ1) is 21.8. The van der Waals surface area contributed by atoms with Crippen LogP contribution in [0.5, 0.6) is 0 Å². The zero-order valence-electron chi connectivity index (χ0n) is 18.1. The van der Waals surface area contributed by atoms with Crippen LogP contribution in [0.1, 0.15) is 77.2 Å². The Morgan fingerprint density at radius 2 is 1.76 bits per heavy atom. The molecular formula is C24H36N2O3. The smallest absolute Gasteiger partial charge is 0.326 e. The van der Waals surface area contributed by atoms with Gasteiger partial charge < -0.3 is 15.4 Å². The van der Waals surface area contributed by atoms with Gasteiger partial charge in [0.2, 0.25) is 5.91 Å². The van der Waals surface area contributed by atoms with Crippen LogP contribution in [-0.4, -0.2) is 41.0 Å². The molecular weight excluding hydrogens is 364 g/mol. The molecule has 1 saturated carbocycles. The normalized spacial score (nSPS) is 26.8. The van der Waals surface area contributed by atoms with Crippen LogP contribution < -0.4 is 5.73 Å². The summed E-state index contributed by atoms with van der Waals surface area (Å²) >= 11 is 0. The fourth-order valence-electron chi connectivity index (χ4n) is 4.97. The average Bonchev–Trinajstić information content (AvgIpc) is 2.80. The molecule has 5 heteroatoms. The third-order valence-electron chi connectivity index (χ3n) is 6.25. The number of likely N-dealkylation sites (tertiary alicyclic amines) is 1. The molecule has 2 fully saturated rings. The minimum atomic E-state index is -0.587. The summed E-state index contributed by atoms with van der Waals surface area (Å²) < 4.78 is 5.54. The fraction of sp³-hybridized carbons (Fsp3) is 0.667. The van der Waals surface area contributed by atoms with Crippen molar-refractivity contribution in [3.8, 4) is 0 Å². The Balaban J connectivity index is 1.88. The lowest BCUT2D eigenvalue weighted by molar-refractivity contribution is -0.160. The molecule has 1 aliphatic heterocycles. The van der Waals surface area contributed by atoms with Crippen LogP contribution in [0.25, 0.3) is 0 Å². The highest BCUT2D eigenvalue weighted by molar-refractivity contribution is 5.86. The molecule has 3 atom stereocenters. The van der Waals surface area contributed by atoms with Gasteiger partial charge in [0.15, 0.2) is 0 Å². The van der Waals surface area contributed by atoms with Gasteiger partial charge in [0, 0.05) is 6.04 Å². The number of hydrogen-bond donors (Lipinski definition) is 1. The van der Waals surface area contributed by atoms with Crippen LogP contribution in [0.4, 0.5) is 0 Å². The molecule has 0 spiro atoms. The van der Waals surface area contributed by atoms with Crippen LogP contribution in [0.3, 0.4) is 0 Å². The minimum Gasteiger partial charge on any atom is -0.459 e. The van der Waals surface area contributed by atoms with E-state index in [-0.39, 0.29) is 30.4 Å². The van der Waals surface area contributed by atoms with Gasteiger partial charge >= 0.3 is 5.97 Å². The van der Waals surface area contributed by atoms with Crippen molar-refractivity contribution >= 4 is 11.9 Å². The highest BCUT2D eigenvalue weighted by atomic mass is 16.6. The number of rotatable bonds is 4. The number of benzene rings is 1. The molecule has 1 aromatic rings. The lowest BCUT2D eigenvalue weighted by atomic mass is 9.78. The number of ether oxygens (including phenoxy) is 1. The third-order valence-corrected chi connectivity index (χ3v) is 6.25. The van der Waals surface area contributed by atoms with Crippen molar-refractivity contribution in [3.63, 3.8) is 0 Å². The Hall–Kier alpha value is -1.88. The van der Waals surface area contributed by atoms with E-state index in [1.807, 2.05) is 39.0 Å². The van der Waals surface area contributed by atoms with Crippen molar-refractivity contribution in [1.82, 2.24) is 4.90 Å². The van der Waals surface area contributed by atoms with Gasteiger partial charge in [0.1, 0.15) is 12.1 Å². The van der Waals surface area contributed by atoms with Gasteiger partial charge in [-0.3, -0.25) is 9.59 Å². The summed E-state index contributed by atoms with van der Waals surface area (Å²) in [6.45, 7) is 5.55. The van der Waals surface area contributed by atoms with E-state index in [1.165, 1.54) is 24.8 Å². The predicted molar refractivity (Wildman–Crippen MR) is 114 cm³/mol. The fourth-order valence-corrected chi connectivity index (χ4v) is 4.97. The highest BCUT2D eigenvalue weighted by Crippen LogP contribution is 2.38. The molecule has 1 aromatic carbocycles. The SMILES string of the molecule is CC(C)(C)OC(=O)CN1C(=O)C(N)CC(c2ccccc2)CC1C1CCCCC1. The van der Waals surface area contributed by atoms with E-state index in [0.717, 1.165) is 19.3 Å². The molecule has 1 saturated heterocycles. The van der Waals surface area contributed by atoms with E-state index in [4.69, 9.17) is 10.5 Å². The number of amides is 1. The summed E-state index contributed by atoms with van der Waals surface area (Å²) in [5.41, 5.74) is 7.01. The number of nitrogens with zero attached hydrogens (tertiary/aromatic N) is 1. The molecule has 1 heterocycles. The Morgan fingerprint density at radius 1 is 1.10 bits per heavy atom. The maximum Gasteiger partial charge on any atom is 0.326 e. The van der Waals surface area contributed by atoms with Crippen molar-refractivity contribution in [1.29, 1.82) is 0 Å². The van der Waals surface area contributed by atoms with Gasteiger partial charge in [-0.1, -0.05) is 49.6 Å². The zero-order valence-corrected chi connectivity index (χ0v) is 18.1. The Kier molecular flexibility index (Phi) is 6.99. The second-order valence-corrected chi connectivity index (χ2v) is 9.70. The van der Waals surface area contributed by atoms with Gasteiger partial charge in [-0.25, -0.2) is 0 Å². The van der Waals surface area contributed by atoms with Gasteiger partial charge in [-0.15, -0.1) is 0 Å². The van der Waals surface area contributed by atoms with Crippen LogP contribution in [0.15, 0.2) is 30.3 Å². The predicted octanol–water partition coefficient (Wildman–Crippen LogP) is 4.01. The second kappa shape index (κ2) is 9.29. The number of hydrogen-bond acceptors (Lipinski definition) is 4. The summed E-state index contributed by atoms with van der Waals surface area (Å²) in [6.07, 6.45) is 7.34. The maximum atomic E-state index is 13.3. The molecule has 0 bridgehead atoms. The average molecular weight is 401 g/mol. The van der Waals surface area contributed by atoms with Crippen molar-refractivity contribution in [2.24, 2.45) is 11.7 Å². The Bertz CT molecular complexity index is 692. The standard InChI is InChI=1S/C24H36N2O3/c1-24(2,3)29-22(27)16-26-21(18-12-8-5-9-13-18)15-19(14-20(25)23(26)28)17-10-6-4-7-11-17/h4,6-7,10-11,18-21H,5,8-9,12-16,25H2,1-3H3. The summed E-state index contributed by atoms with van der Waals surface area (Å²) in [5.74, 6) is 0.194. The van der Waals surface area contributed by atoms with Crippen LogP contribution in [-0.2, 0) is 14.3 Å². The van der Waals surface area contributed by atoms with Crippen molar-refractivity contribution in [3.05, 3.63) is 35.9 Å².